The molecule has 3 rings (SSSR count). The van der Waals surface area contributed by atoms with Gasteiger partial charge in [0.2, 0.25) is 0 Å². The number of nitrogens with one attached hydrogen (secondary N) is 2. The van der Waals surface area contributed by atoms with Gasteiger partial charge in [-0.25, -0.2) is 13.8 Å². The molecule has 1 saturated heterocycles. The van der Waals surface area contributed by atoms with Crippen molar-refractivity contribution in [3.8, 4) is 5.75 Å². The van der Waals surface area contributed by atoms with Crippen LogP contribution in [0.1, 0.15) is 20.8 Å². The van der Waals surface area contributed by atoms with Gasteiger partial charge in [-0.3, -0.25) is 14.2 Å². The second-order valence-electron chi connectivity index (χ2n) is 8.32. The molecule has 7 atom stereocenters. The van der Waals surface area contributed by atoms with Crippen molar-refractivity contribution in [3.63, 3.8) is 0 Å². The molecule has 2 aliphatic rings. The largest absolute Gasteiger partial charge is 0.462 e. The lowest BCUT2D eigenvalue weighted by Gasteiger charge is -2.33. The second-order valence-corrected chi connectivity index (χ2v) is 10.6. The van der Waals surface area contributed by atoms with Crippen LogP contribution < -0.4 is 14.9 Å². The number of esters is 1. The number of nitrogens with zero attached hydrogens (tertiary/aromatic N) is 1. The average molecular weight is 552 g/mol. The summed E-state index contributed by atoms with van der Waals surface area (Å²) in [6, 6.07) is 5.85. The van der Waals surface area contributed by atoms with E-state index in [1.165, 1.54) is 19.1 Å². The maximum atomic E-state index is 15.2. The van der Waals surface area contributed by atoms with Gasteiger partial charge in [0, 0.05) is 6.20 Å². The summed E-state index contributed by atoms with van der Waals surface area (Å²) in [5, 5.41) is 21.5. The van der Waals surface area contributed by atoms with Gasteiger partial charge in [-0.1, -0.05) is 29.8 Å². The SMILES string of the molecule is CC(C)OC(=O)[C@@H](C)NP(=O)(OC[C@H]1O[C@@H](N2C=CC(O)NC2=O)[C@@](F)(Cl)[C@@H]1O)Oc1ccccc1. The lowest BCUT2D eigenvalue weighted by molar-refractivity contribution is -0.149. The second kappa shape index (κ2) is 11.4. The Morgan fingerprint density at radius 1 is 1.33 bits per heavy atom. The molecular formula is C21H28ClFN3O9P. The van der Waals surface area contributed by atoms with Gasteiger partial charge in [-0.15, -0.1) is 0 Å². The van der Waals surface area contributed by atoms with E-state index in [1.807, 2.05) is 0 Å². The first kappa shape index (κ1) is 28.3. The lowest BCUT2D eigenvalue weighted by atomic mass is 10.1. The van der Waals surface area contributed by atoms with E-state index >= 15 is 4.39 Å². The first-order valence-electron chi connectivity index (χ1n) is 11.0. The van der Waals surface area contributed by atoms with Crippen molar-refractivity contribution in [2.45, 2.75) is 62.7 Å². The third kappa shape index (κ3) is 6.74. The number of carbonyl (C=O) groups excluding carboxylic acids is 2. The molecule has 0 radical (unpaired) electrons. The van der Waals surface area contributed by atoms with Crippen LogP contribution in [0.4, 0.5) is 9.18 Å². The highest BCUT2D eigenvalue weighted by Crippen LogP contribution is 2.47. The molecule has 36 heavy (non-hydrogen) atoms. The van der Waals surface area contributed by atoms with E-state index in [4.69, 9.17) is 30.1 Å². The van der Waals surface area contributed by atoms with Gasteiger partial charge in [0.15, 0.2) is 6.23 Å². The van der Waals surface area contributed by atoms with Crippen LogP contribution >= 0.6 is 19.3 Å². The molecule has 12 nitrogen and oxygen atoms in total. The van der Waals surface area contributed by atoms with Crippen molar-refractivity contribution in [3.05, 3.63) is 42.6 Å². The number of ether oxygens (including phenoxy) is 2. The zero-order chi connectivity index (χ0) is 26.7. The minimum absolute atomic E-state index is 0.134. The molecule has 0 spiro atoms. The summed E-state index contributed by atoms with van der Waals surface area (Å²) in [4.78, 5) is 25.1. The number of rotatable bonds is 10. The molecule has 0 aliphatic carbocycles. The molecule has 2 unspecified atom stereocenters. The summed E-state index contributed by atoms with van der Waals surface area (Å²) in [6.07, 6.45) is -4.87. The molecule has 1 aromatic carbocycles. The monoisotopic (exact) mass is 551 g/mol. The molecule has 4 N–H and O–H groups in total. The minimum atomic E-state index is -4.34. The van der Waals surface area contributed by atoms with Crippen LogP contribution in [-0.2, 0) is 23.4 Å². The number of benzene rings is 1. The highest BCUT2D eigenvalue weighted by atomic mass is 35.5. The average Bonchev–Trinajstić information content (AvgIpc) is 3.01. The predicted molar refractivity (Wildman–Crippen MR) is 124 cm³/mol. The van der Waals surface area contributed by atoms with Crippen LogP contribution in [0.3, 0.4) is 0 Å². The molecule has 1 aromatic rings. The van der Waals surface area contributed by atoms with Crippen molar-refractivity contribution in [2.75, 3.05) is 6.61 Å². The summed E-state index contributed by atoms with van der Waals surface area (Å²) < 4.78 is 50.2. The normalized spacial score (nSPS) is 30.6. The molecule has 15 heteroatoms. The van der Waals surface area contributed by atoms with Crippen molar-refractivity contribution in [1.29, 1.82) is 0 Å². The fraction of sp³-hybridized carbons (Fsp3) is 0.524. The summed E-state index contributed by atoms with van der Waals surface area (Å²) in [6.45, 7) is 3.96. The highest BCUT2D eigenvalue weighted by Gasteiger charge is 2.60. The fourth-order valence-electron chi connectivity index (χ4n) is 3.29. The minimum Gasteiger partial charge on any atom is -0.462 e. The van der Waals surface area contributed by atoms with Gasteiger partial charge in [-0.05, 0) is 39.0 Å². The number of para-hydroxylation sites is 1. The summed E-state index contributed by atoms with van der Waals surface area (Å²) in [7, 11) is -4.34. The third-order valence-corrected chi connectivity index (χ3v) is 7.06. The van der Waals surface area contributed by atoms with Crippen LogP contribution in [-0.4, -0.2) is 75.7 Å². The van der Waals surface area contributed by atoms with E-state index in [2.05, 4.69) is 10.4 Å². The molecule has 2 aliphatic heterocycles. The Bertz CT molecular complexity index is 1020. The quantitative estimate of drug-likeness (QED) is 0.193. The van der Waals surface area contributed by atoms with Crippen molar-refractivity contribution in [2.24, 2.45) is 0 Å². The molecule has 2 amide bonds. The molecule has 0 saturated carbocycles. The van der Waals surface area contributed by atoms with Gasteiger partial charge in [0.1, 0.15) is 30.2 Å². The Morgan fingerprint density at radius 3 is 2.61 bits per heavy atom. The van der Waals surface area contributed by atoms with Gasteiger partial charge in [-0.2, -0.15) is 5.09 Å². The van der Waals surface area contributed by atoms with Crippen molar-refractivity contribution < 1.29 is 47.3 Å². The first-order chi connectivity index (χ1) is 16.8. The molecule has 2 heterocycles. The number of urea groups is 1. The van der Waals surface area contributed by atoms with E-state index in [0.29, 0.717) is 4.90 Å². The molecule has 0 aromatic heterocycles. The Labute approximate surface area is 211 Å². The van der Waals surface area contributed by atoms with Crippen molar-refractivity contribution in [1.82, 2.24) is 15.3 Å². The number of halogens is 2. The predicted octanol–water partition coefficient (Wildman–Crippen LogP) is 1.97. The van der Waals surface area contributed by atoms with Crippen LogP contribution in [0.25, 0.3) is 0 Å². The molecule has 0 bridgehead atoms. The molecule has 1 fully saturated rings. The Hall–Kier alpha value is -2.25. The molecule has 200 valence electrons. The number of alkyl halides is 2. The van der Waals surface area contributed by atoms with E-state index < -0.39 is 68.3 Å². The highest BCUT2D eigenvalue weighted by molar-refractivity contribution is 7.52. The lowest BCUT2D eigenvalue weighted by Crippen LogP contribution is -2.55. The van der Waals surface area contributed by atoms with Gasteiger partial charge >= 0.3 is 19.7 Å². The number of hydrogen-bond acceptors (Lipinski definition) is 9. The number of aliphatic hydroxyl groups excluding tert-OH is 2. The van der Waals surface area contributed by atoms with Crippen LogP contribution in [0, 0.1) is 0 Å². The molecular weight excluding hydrogens is 524 g/mol. The standard InChI is InChI=1S/C21H28ClFN3O9P/c1-12(2)33-18(29)13(3)25-36(31,35-14-7-5-4-6-8-14)32-11-15-17(28)21(22,23)19(34-15)26-10-9-16(27)24-20(26)30/h4-10,12-13,15-17,19,27-28H,11H2,1-3H3,(H,24,30)(H,25,31)/t13-,15-,16?,17-,19-,21-,36?/m1/s1. The Morgan fingerprint density at radius 2 is 2.00 bits per heavy atom. The zero-order valence-corrected chi connectivity index (χ0v) is 21.3. The Kier molecular flexibility index (Phi) is 8.99. The van der Waals surface area contributed by atoms with Crippen LogP contribution in [0.5, 0.6) is 5.75 Å². The van der Waals surface area contributed by atoms with Gasteiger partial charge < -0.3 is 29.5 Å². The number of amides is 2. The van der Waals surface area contributed by atoms with Gasteiger partial charge in [0.25, 0.3) is 5.13 Å². The zero-order valence-electron chi connectivity index (χ0n) is 19.6. The van der Waals surface area contributed by atoms with E-state index in [9.17, 15) is 24.4 Å². The first-order valence-corrected chi connectivity index (χ1v) is 12.9. The van der Waals surface area contributed by atoms with Crippen molar-refractivity contribution >= 4 is 31.3 Å². The van der Waals surface area contributed by atoms with E-state index in [-0.39, 0.29) is 5.75 Å². The number of carbonyl (C=O) groups is 2. The van der Waals surface area contributed by atoms with Gasteiger partial charge in [0.05, 0.1) is 12.7 Å². The summed E-state index contributed by atoms with van der Waals surface area (Å²) in [5.74, 6) is -0.592. The number of hydrogen-bond donors (Lipinski definition) is 4. The number of aliphatic hydroxyl groups is 2. The topological polar surface area (TPSA) is 156 Å². The fourth-order valence-corrected chi connectivity index (χ4v) is 5.09. The van der Waals surface area contributed by atoms with E-state index in [0.717, 1.165) is 12.3 Å². The maximum Gasteiger partial charge on any atom is 0.459 e. The van der Waals surface area contributed by atoms with E-state index in [1.54, 1.807) is 32.0 Å². The summed E-state index contributed by atoms with van der Waals surface area (Å²) in [5.41, 5.74) is 0. The van der Waals surface area contributed by atoms with Crippen LogP contribution in [0.2, 0.25) is 0 Å². The van der Waals surface area contributed by atoms with Crippen LogP contribution in [0.15, 0.2) is 42.6 Å². The summed E-state index contributed by atoms with van der Waals surface area (Å²) >= 11 is 5.88. The Balaban J connectivity index is 1.75. The smallest absolute Gasteiger partial charge is 0.459 e. The maximum absolute atomic E-state index is 15.2. The third-order valence-electron chi connectivity index (χ3n) is 5.00.